The second-order valence-corrected chi connectivity index (χ2v) is 3.64. The first-order valence-electron chi connectivity index (χ1n) is 4.10. The molecule has 0 radical (unpaired) electrons. The van der Waals surface area contributed by atoms with Crippen LogP contribution in [0.5, 0.6) is 0 Å². The van der Waals surface area contributed by atoms with Crippen molar-refractivity contribution in [3.05, 3.63) is 0 Å². The minimum atomic E-state index is -1.21. The molecule has 0 aromatic carbocycles. The molecule has 2 N–H and O–H groups in total. The van der Waals surface area contributed by atoms with Gasteiger partial charge in [0, 0.05) is 0 Å². The topological polar surface area (TPSA) is 58.9 Å². The minimum absolute atomic E-state index is 0.161. The molecule has 4 nitrogen and oxygen atoms in total. The number of aliphatic hydroxyl groups excluding tert-OH is 1. The van der Waals surface area contributed by atoms with Gasteiger partial charge in [0.1, 0.15) is 12.2 Å². The SMILES string of the molecule is CC1OCC(O)[C@H]1OC(C)(C)O. The molecule has 0 saturated carbocycles. The normalized spacial score (nSPS) is 37.2. The zero-order valence-electron chi connectivity index (χ0n) is 7.65. The van der Waals surface area contributed by atoms with Crippen LogP contribution in [0.1, 0.15) is 20.8 Å². The lowest BCUT2D eigenvalue weighted by atomic mass is 10.1. The first-order chi connectivity index (χ1) is 5.40. The Morgan fingerprint density at radius 1 is 1.50 bits per heavy atom. The van der Waals surface area contributed by atoms with Crippen LogP contribution in [0.3, 0.4) is 0 Å². The van der Waals surface area contributed by atoms with Crippen molar-refractivity contribution in [3.8, 4) is 0 Å². The maximum absolute atomic E-state index is 9.36. The van der Waals surface area contributed by atoms with Gasteiger partial charge in [0.15, 0.2) is 5.79 Å². The standard InChI is InChI=1S/C8H16O4/c1-5-7(6(9)4-11-5)12-8(2,3)10/h5-7,9-10H,4H2,1-3H3/t5?,6?,7-/m0/s1. The number of hydrogen-bond donors (Lipinski definition) is 2. The zero-order valence-corrected chi connectivity index (χ0v) is 7.65. The minimum Gasteiger partial charge on any atom is -0.388 e. The lowest BCUT2D eigenvalue weighted by Crippen LogP contribution is -2.39. The molecule has 4 heteroatoms. The van der Waals surface area contributed by atoms with Crippen LogP contribution in [0.15, 0.2) is 0 Å². The summed E-state index contributed by atoms with van der Waals surface area (Å²) < 4.78 is 10.3. The van der Waals surface area contributed by atoms with Gasteiger partial charge in [0.25, 0.3) is 0 Å². The molecule has 1 aliphatic heterocycles. The highest BCUT2D eigenvalue weighted by molar-refractivity contribution is 4.82. The highest BCUT2D eigenvalue weighted by Crippen LogP contribution is 2.21. The molecule has 1 saturated heterocycles. The Morgan fingerprint density at radius 3 is 2.42 bits per heavy atom. The van der Waals surface area contributed by atoms with Gasteiger partial charge in [0.2, 0.25) is 0 Å². The third-order valence-corrected chi connectivity index (χ3v) is 1.80. The van der Waals surface area contributed by atoms with Crippen molar-refractivity contribution in [3.63, 3.8) is 0 Å². The Labute approximate surface area is 72.1 Å². The van der Waals surface area contributed by atoms with Crippen LogP contribution in [0.25, 0.3) is 0 Å². The molecule has 72 valence electrons. The predicted molar refractivity (Wildman–Crippen MR) is 42.6 cm³/mol. The van der Waals surface area contributed by atoms with E-state index in [1.807, 2.05) is 6.92 Å². The van der Waals surface area contributed by atoms with Gasteiger partial charge in [-0.3, -0.25) is 0 Å². The van der Waals surface area contributed by atoms with E-state index < -0.39 is 18.0 Å². The number of aliphatic hydroxyl groups is 2. The van der Waals surface area contributed by atoms with Crippen LogP contribution in [0.2, 0.25) is 0 Å². The number of ether oxygens (including phenoxy) is 2. The van der Waals surface area contributed by atoms with E-state index in [-0.39, 0.29) is 12.7 Å². The molecule has 1 heterocycles. The molecule has 0 aromatic heterocycles. The average Bonchev–Trinajstić information content (AvgIpc) is 2.16. The molecule has 2 unspecified atom stereocenters. The molecule has 0 spiro atoms. The van der Waals surface area contributed by atoms with E-state index in [4.69, 9.17) is 9.47 Å². The highest BCUT2D eigenvalue weighted by atomic mass is 16.7. The summed E-state index contributed by atoms with van der Waals surface area (Å²) in [6.45, 7) is 5.16. The zero-order chi connectivity index (χ0) is 9.35. The summed E-state index contributed by atoms with van der Waals surface area (Å²) >= 11 is 0. The maximum Gasteiger partial charge on any atom is 0.160 e. The lowest BCUT2D eigenvalue weighted by Gasteiger charge is -2.26. The van der Waals surface area contributed by atoms with Gasteiger partial charge in [-0.05, 0) is 20.8 Å². The molecular formula is C8H16O4. The summed E-state index contributed by atoms with van der Waals surface area (Å²) in [5.41, 5.74) is 0. The van der Waals surface area contributed by atoms with Crippen LogP contribution in [-0.2, 0) is 9.47 Å². The van der Waals surface area contributed by atoms with Crippen molar-refractivity contribution in [1.82, 2.24) is 0 Å². The summed E-state index contributed by atoms with van der Waals surface area (Å²) in [5.74, 6) is -1.21. The Kier molecular flexibility index (Phi) is 2.73. The van der Waals surface area contributed by atoms with E-state index in [1.54, 1.807) is 0 Å². The highest BCUT2D eigenvalue weighted by Gasteiger charge is 2.37. The van der Waals surface area contributed by atoms with Crippen LogP contribution in [0.4, 0.5) is 0 Å². The van der Waals surface area contributed by atoms with Crippen molar-refractivity contribution in [1.29, 1.82) is 0 Å². The second kappa shape index (κ2) is 3.30. The Balaban J connectivity index is 2.50. The smallest absolute Gasteiger partial charge is 0.160 e. The van der Waals surface area contributed by atoms with Gasteiger partial charge < -0.3 is 19.7 Å². The molecule has 0 aromatic rings. The number of hydrogen-bond acceptors (Lipinski definition) is 4. The lowest BCUT2D eigenvalue weighted by molar-refractivity contribution is -0.225. The fraction of sp³-hybridized carbons (Fsp3) is 1.00. The summed E-state index contributed by atoms with van der Waals surface area (Å²) in [7, 11) is 0. The third kappa shape index (κ3) is 2.42. The fourth-order valence-electron chi connectivity index (χ4n) is 1.26. The first kappa shape index (κ1) is 9.92. The molecule has 1 rings (SSSR count). The molecule has 0 aliphatic carbocycles. The fourth-order valence-corrected chi connectivity index (χ4v) is 1.26. The van der Waals surface area contributed by atoms with Crippen molar-refractivity contribution in [2.24, 2.45) is 0 Å². The Hall–Kier alpha value is -0.160. The predicted octanol–water partition coefficient (Wildman–Crippen LogP) is -0.120. The van der Waals surface area contributed by atoms with Crippen molar-refractivity contribution in [2.45, 2.75) is 44.9 Å². The van der Waals surface area contributed by atoms with Crippen molar-refractivity contribution < 1.29 is 19.7 Å². The van der Waals surface area contributed by atoms with Crippen molar-refractivity contribution in [2.75, 3.05) is 6.61 Å². The van der Waals surface area contributed by atoms with Gasteiger partial charge in [-0.15, -0.1) is 0 Å². The Morgan fingerprint density at radius 2 is 2.08 bits per heavy atom. The average molecular weight is 176 g/mol. The molecule has 0 amide bonds. The molecule has 3 atom stereocenters. The van der Waals surface area contributed by atoms with Gasteiger partial charge in [-0.2, -0.15) is 0 Å². The van der Waals surface area contributed by atoms with E-state index in [0.717, 1.165) is 0 Å². The molecule has 1 fully saturated rings. The van der Waals surface area contributed by atoms with Gasteiger partial charge >= 0.3 is 0 Å². The molecule has 0 bridgehead atoms. The second-order valence-electron chi connectivity index (χ2n) is 3.64. The van der Waals surface area contributed by atoms with E-state index in [9.17, 15) is 10.2 Å². The van der Waals surface area contributed by atoms with Gasteiger partial charge in [-0.25, -0.2) is 0 Å². The van der Waals surface area contributed by atoms with Crippen LogP contribution in [0, 0.1) is 0 Å². The molecular weight excluding hydrogens is 160 g/mol. The molecule has 1 aliphatic rings. The third-order valence-electron chi connectivity index (χ3n) is 1.80. The largest absolute Gasteiger partial charge is 0.388 e. The van der Waals surface area contributed by atoms with Crippen LogP contribution < -0.4 is 0 Å². The Bertz CT molecular complexity index is 142. The van der Waals surface area contributed by atoms with E-state index >= 15 is 0 Å². The maximum atomic E-state index is 9.36. The van der Waals surface area contributed by atoms with E-state index in [1.165, 1.54) is 13.8 Å². The van der Waals surface area contributed by atoms with E-state index in [0.29, 0.717) is 0 Å². The van der Waals surface area contributed by atoms with Crippen molar-refractivity contribution >= 4 is 0 Å². The summed E-state index contributed by atoms with van der Waals surface area (Å²) in [4.78, 5) is 0. The van der Waals surface area contributed by atoms with Gasteiger partial charge in [0.05, 0.1) is 12.7 Å². The number of rotatable bonds is 2. The molecule has 12 heavy (non-hydrogen) atoms. The van der Waals surface area contributed by atoms with Crippen LogP contribution >= 0.6 is 0 Å². The summed E-state index contributed by atoms with van der Waals surface area (Å²) in [6, 6.07) is 0. The van der Waals surface area contributed by atoms with Gasteiger partial charge in [-0.1, -0.05) is 0 Å². The monoisotopic (exact) mass is 176 g/mol. The van der Waals surface area contributed by atoms with E-state index in [2.05, 4.69) is 0 Å². The summed E-state index contributed by atoms with van der Waals surface area (Å²) in [5, 5.41) is 18.7. The summed E-state index contributed by atoms with van der Waals surface area (Å²) in [6.07, 6.45) is -1.22. The first-order valence-corrected chi connectivity index (χ1v) is 4.10. The van der Waals surface area contributed by atoms with Crippen LogP contribution in [-0.4, -0.2) is 40.9 Å². The quantitative estimate of drug-likeness (QED) is 0.576.